The highest BCUT2D eigenvalue weighted by Crippen LogP contribution is 2.17. The topological polar surface area (TPSA) is 78.3 Å². The Labute approximate surface area is 157 Å². The number of carbonyl (C=O) groups is 1. The molecule has 0 saturated carbocycles. The molecule has 0 radical (unpaired) electrons. The van der Waals surface area contributed by atoms with E-state index in [1.165, 1.54) is 10.2 Å². The van der Waals surface area contributed by atoms with Crippen LogP contribution in [-0.2, 0) is 24.4 Å². The van der Waals surface area contributed by atoms with Gasteiger partial charge in [-0.2, -0.15) is 0 Å². The first-order chi connectivity index (χ1) is 13.2. The van der Waals surface area contributed by atoms with Crippen LogP contribution in [0.1, 0.15) is 11.3 Å². The summed E-state index contributed by atoms with van der Waals surface area (Å²) in [6, 6.07) is 17.3. The first-order valence-corrected chi connectivity index (χ1v) is 8.69. The largest absolute Gasteiger partial charge is 0.497 e. The molecule has 1 aromatic heterocycles. The molecule has 1 amide bonds. The van der Waals surface area contributed by atoms with Crippen molar-refractivity contribution in [3.8, 4) is 11.5 Å². The van der Waals surface area contributed by atoms with Gasteiger partial charge in [0.05, 0.1) is 13.3 Å². The van der Waals surface area contributed by atoms with Gasteiger partial charge < -0.3 is 14.8 Å². The summed E-state index contributed by atoms with van der Waals surface area (Å²) in [7, 11) is 1.62. The van der Waals surface area contributed by atoms with Gasteiger partial charge in [0.1, 0.15) is 30.3 Å². The average molecular weight is 366 g/mol. The van der Waals surface area contributed by atoms with Crippen molar-refractivity contribution in [1.29, 1.82) is 0 Å². The van der Waals surface area contributed by atoms with Gasteiger partial charge in [-0.3, -0.25) is 4.79 Å². The summed E-state index contributed by atoms with van der Waals surface area (Å²) in [5.74, 6) is 1.38. The maximum atomic E-state index is 12.0. The molecule has 7 heteroatoms. The molecule has 0 fully saturated rings. The Hall–Kier alpha value is -3.35. The fourth-order valence-corrected chi connectivity index (χ4v) is 2.51. The van der Waals surface area contributed by atoms with E-state index in [4.69, 9.17) is 9.47 Å². The zero-order chi connectivity index (χ0) is 18.9. The Morgan fingerprint density at radius 1 is 1.07 bits per heavy atom. The molecule has 7 nitrogen and oxygen atoms in total. The van der Waals surface area contributed by atoms with Gasteiger partial charge in [0.2, 0.25) is 5.91 Å². The number of methoxy groups -OCH3 is 1. The molecule has 0 bridgehead atoms. The summed E-state index contributed by atoms with van der Waals surface area (Å²) in [5.41, 5.74) is 1.85. The minimum Gasteiger partial charge on any atom is -0.497 e. The second-order valence-electron chi connectivity index (χ2n) is 5.96. The number of ether oxygens (including phenoxy) is 2. The second-order valence-corrected chi connectivity index (χ2v) is 5.96. The number of nitrogens with zero attached hydrogens (tertiary/aromatic N) is 3. The van der Waals surface area contributed by atoms with E-state index in [0.717, 1.165) is 12.2 Å². The van der Waals surface area contributed by atoms with E-state index < -0.39 is 0 Å². The first-order valence-electron chi connectivity index (χ1n) is 8.69. The lowest BCUT2D eigenvalue weighted by atomic mass is 10.1. The van der Waals surface area contributed by atoms with Crippen LogP contribution < -0.4 is 14.8 Å². The number of nitrogens with one attached hydrogen (secondary N) is 1. The number of rotatable bonds is 9. The van der Waals surface area contributed by atoms with Crippen LogP contribution in [0.2, 0.25) is 0 Å². The molecule has 0 saturated heterocycles. The van der Waals surface area contributed by atoms with Gasteiger partial charge in [-0.15, -0.1) is 5.10 Å². The molecule has 2 aromatic carbocycles. The lowest BCUT2D eigenvalue weighted by Gasteiger charge is -2.05. The predicted molar refractivity (Wildman–Crippen MR) is 101 cm³/mol. The van der Waals surface area contributed by atoms with Crippen LogP contribution >= 0.6 is 0 Å². The monoisotopic (exact) mass is 366 g/mol. The predicted octanol–water partition coefficient (Wildman–Crippen LogP) is 2.22. The second kappa shape index (κ2) is 9.38. The van der Waals surface area contributed by atoms with E-state index in [1.807, 2.05) is 54.6 Å². The Kier molecular flexibility index (Phi) is 6.40. The molecule has 0 aliphatic rings. The van der Waals surface area contributed by atoms with Crippen molar-refractivity contribution < 1.29 is 14.3 Å². The minimum atomic E-state index is -0.0987. The zero-order valence-corrected chi connectivity index (χ0v) is 15.2. The first kappa shape index (κ1) is 18.4. The van der Waals surface area contributed by atoms with E-state index in [9.17, 15) is 4.79 Å². The Bertz CT molecular complexity index is 847. The van der Waals surface area contributed by atoms with E-state index in [1.54, 1.807) is 13.3 Å². The van der Waals surface area contributed by atoms with Crippen LogP contribution in [0.3, 0.4) is 0 Å². The van der Waals surface area contributed by atoms with Crippen LogP contribution in [0, 0.1) is 0 Å². The molecule has 0 unspecified atom stereocenters. The standard InChI is InChI=1S/C20H22N4O3/c1-26-18-7-9-19(10-8-18)27-15-17-13-24(23-22-17)14-20(25)21-12-11-16-5-3-2-4-6-16/h2-10,13H,11-12,14-15H2,1H3,(H,21,25). The number of hydrogen-bond acceptors (Lipinski definition) is 5. The number of hydrogen-bond donors (Lipinski definition) is 1. The van der Waals surface area contributed by atoms with E-state index in [0.29, 0.717) is 18.0 Å². The molecular formula is C20H22N4O3. The summed E-state index contributed by atoms with van der Waals surface area (Å²) in [4.78, 5) is 12.0. The van der Waals surface area contributed by atoms with Gasteiger partial charge in [0.25, 0.3) is 0 Å². The summed E-state index contributed by atoms with van der Waals surface area (Å²) in [6.45, 7) is 0.997. The maximum absolute atomic E-state index is 12.0. The Morgan fingerprint density at radius 3 is 2.56 bits per heavy atom. The normalized spacial score (nSPS) is 10.4. The smallest absolute Gasteiger partial charge is 0.241 e. The average Bonchev–Trinajstić information content (AvgIpc) is 3.15. The van der Waals surface area contributed by atoms with Crippen molar-refractivity contribution in [2.24, 2.45) is 0 Å². The highest BCUT2D eigenvalue weighted by atomic mass is 16.5. The molecule has 0 spiro atoms. The maximum Gasteiger partial charge on any atom is 0.241 e. The van der Waals surface area contributed by atoms with E-state index in [2.05, 4.69) is 15.6 Å². The molecule has 0 aliphatic heterocycles. The third kappa shape index (κ3) is 5.85. The summed E-state index contributed by atoms with van der Waals surface area (Å²) in [5, 5.41) is 10.9. The third-order valence-electron chi connectivity index (χ3n) is 3.92. The van der Waals surface area contributed by atoms with Crippen LogP contribution in [0.25, 0.3) is 0 Å². The van der Waals surface area contributed by atoms with Crippen molar-refractivity contribution in [1.82, 2.24) is 20.3 Å². The zero-order valence-electron chi connectivity index (χ0n) is 15.2. The third-order valence-corrected chi connectivity index (χ3v) is 3.92. The highest BCUT2D eigenvalue weighted by Gasteiger charge is 2.07. The van der Waals surface area contributed by atoms with E-state index >= 15 is 0 Å². The van der Waals surface area contributed by atoms with Gasteiger partial charge in [-0.05, 0) is 36.2 Å². The lowest BCUT2D eigenvalue weighted by Crippen LogP contribution is -2.29. The Morgan fingerprint density at radius 2 is 1.81 bits per heavy atom. The molecule has 3 rings (SSSR count). The number of carbonyl (C=O) groups excluding carboxylic acids is 1. The molecule has 1 heterocycles. The van der Waals surface area contributed by atoms with E-state index in [-0.39, 0.29) is 19.1 Å². The summed E-state index contributed by atoms with van der Waals surface area (Å²) >= 11 is 0. The van der Waals surface area contributed by atoms with Crippen molar-refractivity contribution in [3.05, 3.63) is 72.1 Å². The molecule has 3 aromatic rings. The number of aromatic nitrogens is 3. The van der Waals surface area contributed by atoms with Crippen LogP contribution in [0.15, 0.2) is 60.8 Å². The summed E-state index contributed by atoms with van der Waals surface area (Å²) < 4.78 is 12.3. The van der Waals surface area contributed by atoms with Crippen molar-refractivity contribution in [3.63, 3.8) is 0 Å². The fraction of sp³-hybridized carbons (Fsp3) is 0.250. The molecule has 1 N–H and O–H groups in total. The lowest BCUT2D eigenvalue weighted by molar-refractivity contribution is -0.121. The molecule has 0 atom stereocenters. The number of amides is 1. The van der Waals surface area contributed by atoms with Gasteiger partial charge in [-0.25, -0.2) is 4.68 Å². The van der Waals surface area contributed by atoms with Gasteiger partial charge >= 0.3 is 0 Å². The summed E-state index contributed by atoms with van der Waals surface area (Å²) in [6.07, 6.45) is 2.51. The fourth-order valence-electron chi connectivity index (χ4n) is 2.51. The Balaban J connectivity index is 1.41. The molecule has 27 heavy (non-hydrogen) atoms. The van der Waals surface area contributed by atoms with Gasteiger partial charge in [0, 0.05) is 6.54 Å². The SMILES string of the molecule is COc1ccc(OCc2cn(CC(=O)NCCc3ccccc3)nn2)cc1. The van der Waals surface area contributed by atoms with Crippen molar-refractivity contribution >= 4 is 5.91 Å². The van der Waals surface area contributed by atoms with Crippen molar-refractivity contribution in [2.75, 3.05) is 13.7 Å². The highest BCUT2D eigenvalue weighted by molar-refractivity contribution is 5.75. The van der Waals surface area contributed by atoms with Crippen LogP contribution in [0.4, 0.5) is 0 Å². The quantitative estimate of drug-likeness (QED) is 0.628. The van der Waals surface area contributed by atoms with Crippen LogP contribution in [0.5, 0.6) is 11.5 Å². The van der Waals surface area contributed by atoms with Gasteiger partial charge in [0.15, 0.2) is 0 Å². The molecule has 0 aliphatic carbocycles. The van der Waals surface area contributed by atoms with Gasteiger partial charge in [-0.1, -0.05) is 35.5 Å². The molecular weight excluding hydrogens is 344 g/mol. The molecule has 140 valence electrons. The van der Waals surface area contributed by atoms with Crippen LogP contribution in [-0.4, -0.2) is 34.6 Å². The van der Waals surface area contributed by atoms with Crippen molar-refractivity contribution in [2.45, 2.75) is 19.6 Å². The number of benzene rings is 2. The minimum absolute atomic E-state index is 0.0987.